The number of nitrogens with one attached hydrogen (secondary N) is 1. The van der Waals surface area contributed by atoms with Gasteiger partial charge in [0.2, 0.25) is 0 Å². The molecule has 1 fully saturated rings. The monoisotopic (exact) mass is 264 g/mol. The molecule has 1 saturated heterocycles. The van der Waals surface area contributed by atoms with E-state index >= 15 is 0 Å². The number of phenols is 1. The summed E-state index contributed by atoms with van der Waals surface area (Å²) in [5.74, 6) is 0.108. The minimum atomic E-state index is -0.197. The van der Waals surface area contributed by atoms with Gasteiger partial charge in [0, 0.05) is 24.6 Å². The van der Waals surface area contributed by atoms with E-state index in [4.69, 9.17) is 10.5 Å². The Balaban J connectivity index is 1.92. The second-order valence-electron chi connectivity index (χ2n) is 4.85. The molecule has 5 nitrogen and oxygen atoms in total. The fourth-order valence-electron chi connectivity index (χ4n) is 2.39. The summed E-state index contributed by atoms with van der Waals surface area (Å²) >= 11 is 0. The predicted octanol–water partition coefficient (Wildman–Crippen LogP) is 1.52. The Labute approximate surface area is 112 Å². The molecule has 0 radical (unpaired) electrons. The van der Waals surface area contributed by atoms with Gasteiger partial charge in [0.25, 0.3) is 5.91 Å². The number of phenolic OH excluding ortho intramolecular Hbond substituents is 1. The molecule has 0 aromatic heterocycles. The van der Waals surface area contributed by atoms with Crippen LogP contribution in [-0.2, 0) is 4.74 Å². The van der Waals surface area contributed by atoms with Gasteiger partial charge >= 0.3 is 0 Å². The Bertz CT molecular complexity index is 462. The van der Waals surface area contributed by atoms with Crippen LogP contribution in [0.3, 0.4) is 0 Å². The minimum absolute atomic E-state index is 0.0664. The molecule has 19 heavy (non-hydrogen) atoms. The van der Waals surface area contributed by atoms with Crippen molar-refractivity contribution >= 4 is 11.6 Å². The van der Waals surface area contributed by atoms with Gasteiger partial charge < -0.3 is 20.9 Å². The predicted molar refractivity (Wildman–Crippen MR) is 73.0 cm³/mol. The van der Waals surface area contributed by atoms with E-state index in [9.17, 15) is 9.90 Å². The number of anilines is 1. The van der Waals surface area contributed by atoms with Crippen molar-refractivity contribution in [3.63, 3.8) is 0 Å². The Morgan fingerprint density at radius 2 is 2.37 bits per heavy atom. The number of rotatable bonds is 4. The number of nitrogens with two attached hydrogens (primary N) is 1. The quantitative estimate of drug-likeness (QED) is 0.568. The standard InChI is InChI=1S/C14H20N2O3/c1-2-13-10(5-6-19-13)8-16-14(18)9-3-4-11(15)12(17)7-9/h3-4,7,10,13,17H,2,5-6,8,15H2,1H3,(H,16,18). The van der Waals surface area contributed by atoms with Gasteiger partial charge in [-0.15, -0.1) is 0 Å². The zero-order valence-electron chi connectivity index (χ0n) is 11.1. The van der Waals surface area contributed by atoms with Crippen molar-refractivity contribution in [3.8, 4) is 5.75 Å². The highest BCUT2D eigenvalue weighted by molar-refractivity contribution is 5.95. The summed E-state index contributed by atoms with van der Waals surface area (Å²) < 4.78 is 5.58. The number of hydrogen-bond donors (Lipinski definition) is 3. The molecule has 1 aromatic rings. The largest absolute Gasteiger partial charge is 0.506 e. The first-order valence-electron chi connectivity index (χ1n) is 6.60. The van der Waals surface area contributed by atoms with Crippen molar-refractivity contribution in [2.45, 2.75) is 25.9 Å². The van der Waals surface area contributed by atoms with Crippen molar-refractivity contribution in [2.24, 2.45) is 5.92 Å². The first kappa shape index (κ1) is 13.7. The zero-order valence-corrected chi connectivity index (χ0v) is 11.1. The van der Waals surface area contributed by atoms with Crippen LogP contribution >= 0.6 is 0 Å². The fraction of sp³-hybridized carbons (Fsp3) is 0.500. The number of amides is 1. The highest BCUT2D eigenvalue weighted by atomic mass is 16.5. The topological polar surface area (TPSA) is 84.6 Å². The minimum Gasteiger partial charge on any atom is -0.506 e. The van der Waals surface area contributed by atoms with Crippen LogP contribution in [0.1, 0.15) is 30.1 Å². The second-order valence-corrected chi connectivity index (χ2v) is 4.85. The molecular weight excluding hydrogens is 244 g/mol. The normalized spacial score (nSPS) is 22.4. The lowest BCUT2D eigenvalue weighted by Gasteiger charge is -2.17. The zero-order chi connectivity index (χ0) is 13.8. The third-order valence-corrected chi connectivity index (χ3v) is 3.57. The van der Waals surface area contributed by atoms with Gasteiger partial charge in [0.05, 0.1) is 11.8 Å². The Morgan fingerprint density at radius 3 is 3.05 bits per heavy atom. The lowest BCUT2D eigenvalue weighted by molar-refractivity contribution is 0.0826. The van der Waals surface area contributed by atoms with Crippen molar-refractivity contribution in [1.29, 1.82) is 0 Å². The average Bonchev–Trinajstić information content (AvgIpc) is 2.86. The van der Waals surface area contributed by atoms with E-state index < -0.39 is 0 Å². The maximum absolute atomic E-state index is 12.0. The molecule has 1 heterocycles. The van der Waals surface area contributed by atoms with Crippen molar-refractivity contribution in [1.82, 2.24) is 5.32 Å². The van der Waals surface area contributed by atoms with E-state index in [-0.39, 0.29) is 23.4 Å². The van der Waals surface area contributed by atoms with E-state index in [0.717, 1.165) is 19.4 Å². The maximum atomic E-state index is 12.0. The van der Waals surface area contributed by atoms with E-state index in [1.165, 1.54) is 12.1 Å². The number of nitrogen functional groups attached to an aromatic ring is 1. The molecule has 1 aliphatic heterocycles. The van der Waals surface area contributed by atoms with Gasteiger partial charge in [-0.25, -0.2) is 0 Å². The Kier molecular flexibility index (Phi) is 4.27. The van der Waals surface area contributed by atoms with Crippen LogP contribution in [0.4, 0.5) is 5.69 Å². The first-order chi connectivity index (χ1) is 9.11. The summed E-state index contributed by atoms with van der Waals surface area (Å²) in [4.78, 5) is 12.0. The third kappa shape index (κ3) is 3.17. The molecular formula is C14H20N2O3. The van der Waals surface area contributed by atoms with Gasteiger partial charge in [0.1, 0.15) is 5.75 Å². The lowest BCUT2D eigenvalue weighted by Crippen LogP contribution is -2.32. The van der Waals surface area contributed by atoms with Gasteiger partial charge in [0.15, 0.2) is 0 Å². The van der Waals surface area contributed by atoms with Crippen LogP contribution in [0.25, 0.3) is 0 Å². The highest BCUT2D eigenvalue weighted by Crippen LogP contribution is 2.23. The van der Waals surface area contributed by atoms with Gasteiger partial charge in [-0.2, -0.15) is 0 Å². The van der Waals surface area contributed by atoms with Gasteiger partial charge in [-0.05, 0) is 31.0 Å². The van der Waals surface area contributed by atoms with Gasteiger partial charge in [-0.3, -0.25) is 4.79 Å². The fourth-order valence-corrected chi connectivity index (χ4v) is 2.39. The lowest BCUT2D eigenvalue weighted by atomic mass is 9.99. The SMILES string of the molecule is CCC1OCCC1CNC(=O)c1ccc(N)c(O)c1. The number of benzene rings is 1. The van der Waals surface area contributed by atoms with Crippen LogP contribution in [0, 0.1) is 5.92 Å². The summed E-state index contributed by atoms with van der Waals surface area (Å²) in [7, 11) is 0. The van der Waals surface area contributed by atoms with Crippen LogP contribution in [0.2, 0.25) is 0 Å². The Hall–Kier alpha value is -1.75. The van der Waals surface area contributed by atoms with Crippen LogP contribution in [-0.4, -0.2) is 30.3 Å². The molecule has 2 rings (SSSR count). The number of hydrogen-bond acceptors (Lipinski definition) is 4. The van der Waals surface area contributed by atoms with Crippen molar-refractivity contribution in [2.75, 3.05) is 18.9 Å². The molecule has 104 valence electrons. The van der Waals surface area contributed by atoms with E-state index in [1.54, 1.807) is 6.07 Å². The van der Waals surface area contributed by atoms with E-state index in [1.807, 2.05) is 0 Å². The maximum Gasteiger partial charge on any atom is 0.251 e. The third-order valence-electron chi connectivity index (χ3n) is 3.57. The van der Waals surface area contributed by atoms with Crippen LogP contribution in [0.5, 0.6) is 5.75 Å². The van der Waals surface area contributed by atoms with Crippen molar-refractivity contribution < 1.29 is 14.6 Å². The smallest absolute Gasteiger partial charge is 0.251 e. The van der Waals surface area contributed by atoms with E-state index in [2.05, 4.69) is 12.2 Å². The number of carbonyl (C=O) groups is 1. The molecule has 1 aromatic carbocycles. The summed E-state index contributed by atoms with van der Waals surface area (Å²) in [5.41, 5.74) is 6.19. The molecule has 0 spiro atoms. The highest BCUT2D eigenvalue weighted by Gasteiger charge is 2.26. The molecule has 0 saturated carbocycles. The number of carbonyl (C=O) groups excluding carboxylic acids is 1. The molecule has 5 heteroatoms. The summed E-state index contributed by atoms with van der Waals surface area (Å²) in [5, 5.41) is 12.4. The first-order valence-corrected chi connectivity index (χ1v) is 6.60. The number of aromatic hydroxyl groups is 1. The number of ether oxygens (including phenoxy) is 1. The summed E-state index contributed by atoms with van der Waals surface area (Å²) in [6.07, 6.45) is 2.18. The van der Waals surface area contributed by atoms with Crippen molar-refractivity contribution in [3.05, 3.63) is 23.8 Å². The molecule has 1 aliphatic rings. The average molecular weight is 264 g/mol. The second kappa shape index (κ2) is 5.93. The molecule has 2 unspecified atom stereocenters. The molecule has 0 aliphatic carbocycles. The molecule has 4 N–H and O–H groups in total. The molecule has 1 amide bonds. The summed E-state index contributed by atoms with van der Waals surface area (Å²) in [6, 6.07) is 4.51. The molecule has 0 bridgehead atoms. The van der Waals surface area contributed by atoms with Gasteiger partial charge in [-0.1, -0.05) is 6.92 Å². The van der Waals surface area contributed by atoms with Crippen LogP contribution < -0.4 is 11.1 Å². The summed E-state index contributed by atoms with van der Waals surface area (Å²) in [6.45, 7) is 3.45. The molecule has 2 atom stereocenters. The van der Waals surface area contributed by atoms with Crippen LogP contribution in [0.15, 0.2) is 18.2 Å². The van der Waals surface area contributed by atoms with E-state index in [0.29, 0.717) is 18.0 Å². The Morgan fingerprint density at radius 1 is 1.58 bits per heavy atom.